The molecule has 0 amide bonds. The predicted octanol–water partition coefficient (Wildman–Crippen LogP) is 0.373. The van der Waals surface area contributed by atoms with Crippen LogP contribution >= 0.6 is 0 Å². The summed E-state index contributed by atoms with van der Waals surface area (Å²) in [5, 5.41) is 0. The third kappa shape index (κ3) is 6.24. The summed E-state index contributed by atoms with van der Waals surface area (Å²) in [5.74, 6) is 15.2. The van der Waals surface area contributed by atoms with Gasteiger partial charge in [-0.2, -0.15) is 0 Å². The molecule has 0 saturated carbocycles. The molecule has 0 rings (SSSR count). The van der Waals surface area contributed by atoms with Gasteiger partial charge in [0, 0.05) is 0 Å². The van der Waals surface area contributed by atoms with E-state index in [1.165, 1.54) is 19.5 Å². The minimum atomic E-state index is -1.13. The molecular formula is C6H24Ge2Si2. The number of rotatable bonds is 1. The fourth-order valence-electron chi connectivity index (χ4n) is 0. The Bertz CT molecular complexity index is 68.7. The summed E-state index contributed by atoms with van der Waals surface area (Å²) in [4.78, 5) is 0. The van der Waals surface area contributed by atoms with Crippen molar-refractivity contribution in [3.8, 4) is 0 Å². The van der Waals surface area contributed by atoms with E-state index in [1.807, 2.05) is 0 Å². The molecular weight excluding hydrogens is 273 g/mol. The zero-order valence-electron chi connectivity index (χ0n) is 9.00. The summed E-state index contributed by atoms with van der Waals surface area (Å²) >= 11 is -2.25. The van der Waals surface area contributed by atoms with Crippen molar-refractivity contribution in [2.24, 2.45) is 0 Å². The summed E-state index contributed by atoms with van der Waals surface area (Å²) < 4.78 is 0. The van der Waals surface area contributed by atoms with Gasteiger partial charge in [-0.05, 0) is 19.5 Å². The Labute approximate surface area is 76.3 Å². The molecule has 0 unspecified atom stereocenters. The molecule has 0 saturated heterocycles. The molecule has 0 aliphatic carbocycles. The molecule has 0 aliphatic rings. The van der Waals surface area contributed by atoms with Gasteiger partial charge < -0.3 is 0 Å². The van der Waals surface area contributed by atoms with Crippen molar-refractivity contribution in [2.45, 2.75) is 34.5 Å². The SMILES string of the molecule is [CH3][Ge]([CH3])([CH3])[Ge]([CH3])([CH3])[CH3].[SiH3][SiH3]. The Morgan fingerprint density at radius 3 is 0.700 bits per heavy atom. The first-order chi connectivity index (χ1) is 4.25. The normalized spacial score (nSPS) is 12.6. The van der Waals surface area contributed by atoms with Gasteiger partial charge >= 0.3 is 57.1 Å². The van der Waals surface area contributed by atoms with Crippen LogP contribution in [0.4, 0.5) is 0 Å². The molecule has 4 heteroatoms. The molecule has 0 aliphatic heterocycles. The molecule has 0 aromatic carbocycles. The first-order valence-electron chi connectivity index (χ1n) is 4.25. The van der Waals surface area contributed by atoms with Crippen molar-refractivity contribution in [1.29, 1.82) is 0 Å². The Balaban J connectivity index is 0. The molecule has 0 N–H and O–H groups in total. The average molecular weight is 298 g/mol. The van der Waals surface area contributed by atoms with Gasteiger partial charge in [-0.3, -0.25) is 0 Å². The summed E-state index contributed by atoms with van der Waals surface area (Å²) in [7, 11) is 2.89. The largest absolute Gasteiger partial charge is 0.0125 e. The second-order valence-corrected chi connectivity index (χ2v) is 56.1. The Kier molecular flexibility index (Phi) is 7.34. The van der Waals surface area contributed by atoms with Gasteiger partial charge in [0.25, 0.3) is 0 Å². The maximum Gasteiger partial charge on any atom is -0.0125 e. The zero-order chi connectivity index (χ0) is 9.00. The molecule has 0 nitrogen and oxygen atoms in total. The second-order valence-electron chi connectivity index (χ2n) is 4.50. The van der Waals surface area contributed by atoms with E-state index >= 15 is 0 Å². The monoisotopic (exact) mass is 300 g/mol. The smallest absolute Gasteiger partial charge is 0.0125 e. The fourth-order valence-corrected chi connectivity index (χ4v) is 0. The minimum Gasteiger partial charge on any atom is -0.0125 e. The predicted molar refractivity (Wildman–Crippen MR) is 66.6 cm³/mol. The van der Waals surface area contributed by atoms with Crippen molar-refractivity contribution in [3.63, 3.8) is 0 Å². The molecule has 10 heavy (non-hydrogen) atoms. The third-order valence-corrected chi connectivity index (χ3v) is 60.8. The summed E-state index contributed by atoms with van der Waals surface area (Å²) in [5.41, 5.74) is 0. The minimum absolute atomic E-state index is 1.12. The standard InChI is InChI=1S/C6H18Ge2.H6Si2/c1-7(2,3)8(4,5)6;1-2/h1-6H3;1-2H3. The van der Waals surface area contributed by atoms with E-state index in [1.54, 1.807) is 0 Å². The molecule has 0 heterocycles. The van der Waals surface area contributed by atoms with Crippen molar-refractivity contribution < 1.29 is 0 Å². The number of hydrogen-bond acceptors (Lipinski definition) is 0. The first kappa shape index (κ1) is 14.1. The van der Waals surface area contributed by atoms with E-state index in [-0.39, 0.29) is 0 Å². The van der Waals surface area contributed by atoms with Gasteiger partial charge in [0.2, 0.25) is 0 Å². The fraction of sp³-hybridized carbons (Fsp3) is 1.00. The Morgan fingerprint density at radius 2 is 0.700 bits per heavy atom. The molecule has 0 aromatic heterocycles. The summed E-state index contributed by atoms with van der Waals surface area (Å²) in [6, 6.07) is 0. The van der Waals surface area contributed by atoms with Crippen LogP contribution in [0.25, 0.3) is 0 Å². The Hall–Kier alpha value is 1.52. The van der Waals surface area contributed by atoms with E-state index in [4.69, 9.17) is 0 Å². The van der Waals surface area contributed by atoms with Gasteiger partial charge in [0.1, 0.15) is 0 Å². The van der Waals surface area contributed by atoms with E-state index in [0.717, 1.165) is 0 Å². The molecule has 0 radical (unpaired) electrons. The van der Waals surface area contributed by atoms with Crippen molar-refractivity contribution in [1.82, 2.24) is 0 Å². The molecule has 0 bridgehead atoms. The molecule has 64 valence electrons. The summed E-state index contributed by atoms with van der Waals surface area (Å²) in [6.45, 7) is 0. The summed E-state index contributed by atoms with van der Waals surface area (Å²) in [6.07, 6.45) is 0. The van der Waals surface area contributed by atoms with Crippen LogP contribution in [-0.2, 0) is 0 Å². The number of hydrogen-bond donors (Lipinski definition) is 0. The van der Waals surface area contributed by atoms with Crippen molar-refractivity contribution >= 4 is 42.1 Å². The van der Waals surface area contributed by atoms with Crippen molar-refractivity contribution in [3.05, 3.63) is 0 Å². The van der Waals surface area contributed by atoms with Crippen LogP contribution in [0.5, 0.6) is 0 Å². The van der Waals surface area contributed by atoms with Crippen LogP contribution in [-0.4, -0.2) is 42.1 Å². The quantitative estimate of drug-likeness (QED) is 0.614. The second kappa shape index (κ2) is 5.22. The molecule has 0 aromatic rings. The van der Waals surface area contributed by atoms with Crippen LogP contribution in [0.15, 0.2) is 0 Å². The van der Waals surface area contributed by atoms with E-state index in [9.17, 15) is 0 Å². The topological polar surface area (TPSA) is 0 Å². The van der Waals surface area contributed by atoms with Gasteiger partial charge in [-0.1, -0.05) is 0 Å². The van der Waals surface area contributed by atoms with E-state index in [2.05, 4.69) is 34.5 Å². The van der Waals surface area contributed by atoms with Gasteiger partial charge in [0.05, 0.1) is 0 Å². The van der Waals surface area contributed by atoms with Crippen molar-refractivity contribution in [2.75, 3.05) is 0 Å². The van der Waals surface area contributed by atoms with Gasteiger partial charge in [0.15, 0.2) is 0 Å². The maximum atomic E-state index is 2.54. The third-order valence-electron chi connectivity index (χ3n) is 2.25. The van der Waals surface area contributed by atoms with E-state index in [0.29, 0.717) is 0 Å². The van der Waals surface area contributed by atoms with Crippen LogP contribution in [0.2, 0.25) is 34.5 Å². The van der Waals surface area contributed by atoms with E-state index < -0.39 is 22.6 Å². The van der Waals surface area contributed by atoms with Crippen LogP contribution in [0.1, 0.15) is 0 Å². The average Bonchev–Trinajstić information content (AvgIpc) is 1.66. The van der Waals surface area contributed by atoms with Crippen LogP contribution in [0, 0.1) is 0 Å². The van der Waals surface area contributed by atoms with Crippen LogP contribution < -0.4 is 0 Å². The van der Waals surface area contributed by atoms with Gasteiger partial charge in [-0.15, -0.1) is 0 Å². The zero-order valence-corrected chi connectivity index (χ0v) is 17.2. The molecule has 0 atom stereocenters. The Morgan fingerprint density at radius 1 is 0.600 bits per heavy atom. The first-order valence-corrected chi connectivity index (χ1v) is 31.3. The van der Waals surface area contributed by atoms with Crippen LogP contribution in [0.3, 0.4) is 0 Å². The van der Waals surface area contributed by atoms with Gasteiger partial charge in [-0.25, -0.2) is 0 Å². The molecule has 0 fully saturated rings. The molecule has 0 spiro atoms. The maximum absolute atomic E-state index is 2.54.